The summed E-state index contributed by atoms with van der Waals surface area (Å²) in [7, 11) is 0. The van der Waals surface area contributed by atoms with Gasteiger partial charge in [0, 0.05) is 10.6 Å². The summed E-state index contributed by atoms with van der Waals surface area (Å²) in [5, 5.41) is 0.660. The summed E-state index contributed by atoms with van der Waals surface area (Å²) in [5.74, 6) is -0.324. The highest BCUT2D eigenvalue weighted by atomic mass is 35.5. The number of benzene rings is 1. The summed E-state index contributed by atoms with van der Waals surface area (Å²) in [4.78, 5) is 22.5. The van der Waals surface area contributed by atoms with Crippen LogP contribution in [-0.4, -0.2) is 11.6 Å². The first-order valence-electron chi connectivity index (χ1n) is 5.07. The minimum Gasteiger partial charge on any atom is -0.290 e. The van der Waals surface area contributed by atoms with Gasteiger partial charge in [0.25, 0.3) is 0 Å². The van der Waals surface area contributed by atoms with Gasteiger partial charge >= 0.3 is 0 Å². The second-order valence-corrected chi connectivity index (χ2v) is 4.02. The number of hydrogen-bond donors (Lipinski definition) is 0. The van der Waals surface area contributed by atoms with Gasteiger partial charge in [0.2, 0.25) is 0 Å². The molecule has 0 fully saturated rings. The highest BCUT2D eigenvalue weighted by Gasteiger charge is 2.09. The fourth-order valence-electron chi connectivity index (χ4n) is 1.42. The van der Waals surface area contributed by atoms with Crippen molar-refractivity contribution in [3.05, 3.63) is 64.7 Å². The molecule has 0 saturated heterocycles. The lowest BCUT2D eigenvalue weighted by atomic mass is 10.0. The van der Waals surface area contributed by atoms with Gasteiger partial charge in [0.05, 0.1) is 0 Å². The van der Waals surface area contributed by atoms with Crippen LogP contribution in [-0.2, 0) is 9.59 Å². The number of halogens is 1. The third kappa shape index (κ3) is 3.02. The van der Waals surface area contributed by atoms with E-state index in [2.05, 4.69) is 0 Å². The largest absolute Gasteiger partial charge is 0.290 e. The van der Waals surface area contributed by atoms with E-state index in [9.17, 15) is 9.59 Å². The van der Waals surface area contributed by atoms with Gasteiger partial charge in [-0.2, -0.15) is 0 Å². The Morgan fingerprint density at radius 2 is 1.65 bits per heavy atom. The van der Waals surface area contributed by atoms with Crippen molar-refractivity contribution >= 4 is 29.2 Å². The van der Waals surface area contributed by atoms with Crippen molar-refractivity contribution in [2.45, 2.75) is 0 Å². The Morgan fingerprint density at radius 1 is 0.941 bits per heavy atom. The maximum absolute atomic E-state index is 11.4. The van der Waals surface area contributed by atoms with Crippen LogP contribution in [0.1, 0.15) is 5.56 Å². The Kier molecular flexibility index (Phi) is 3.35. The molecule has 0 aromatic heterocycles. The normalized spacial score (nSPS) is 15.5. The summed E-state index contributed by atoms with van der Waals surface area (Å²) < 4.78 is 0. The molecule has 0 amide bonds. The third-order valence-corrected chi connectivity index (χ3v) is 2.56. The summed E-state index contributed by atoms with van der Waals surface area (Å²) >= 11 is 5.76. The zero-order valence-corrected chi connectivity index (χ0v) is 9.65. The lowest BCUT2D eigenvalue weighted by molar-refractivity contribution is -0.114. The molecule has 3 heteroatoms. The summed E-state index contributed by atoms with van der Waals surface area (Å²) in [6, 6.07) is 7.21. The molecule has 2 nitrogen and oxygen atoms in total. The van der Waals surface area contributed by atoms with Crippen molar-refractivity contribution in [1.29, 1.82) is 0 Å². The predicted molar refractivity (Wildman–Crippen MR) is 67.7 cm³/mol. The van der Waals surface area contributed by atoms with E-state index in [1.165, 1.54) is 18.2 Å². The van der Waals surface area contributed by atoms with Crippen LogP contribution < -0.4 is 0 Å². The van der Waals surface area contributed by atoms with Gasteiger partial charge in [-0.05, 0) is 35.9 Å². The molecule has 0 unspecified atom stereocenters. The van der Waals surface area contributed by atoms with Crippen LogP contribution in [0.15, 0.2) is 54.1 Å². The minimum absolute atomic E-state index is 0.158. The molecule has 84 valence electrons. The average Bonchev–Trinajstić information content (AvgIpc) is 2.32. The van der Waals surface area contributed by atoms with Gasteiger partial charge in [0.1, 0.15) is 0 Å². The Hall–Kier alpha value is -1.93. The van der Waals surface area contributed by atoms with Crippen LogP contribution in [0.2, 0.25) is 5.02 Å². The SMILES string of the molecule is O=C1C=CC(=O)C(/C=C/c2ccc(Cl)cc2)=C1. The van der Waals surface area contributed by atoms with Crippen LogP contribution in [0.3, 0.4) is 0 Å². The van der Waals surface area contributed by atoms with Gasteiger partial charge in [-0.1, -0.05) is 35.9 Å². The van der Waals surface area contributed by atoms with Crippen LogP contribution in [0.25, 0.3) is 6.08 Å². The molecule has 1 aliphatic rings. The van der Waals surface area contributed by atoms with Crippen LogP contribution in [0, 0.1) is 0 Å². The van der Waals surface area contributed by atoms with Gasteiger partial charge in [-0.25, -0.2) is 0 Å². The molecule has 0 heterocycles. The standard InChI is InChI=1S/C14H9ClO2/c15-12-5-2-10(3-6-12)1-4-11-9-13(16)7-8-14(11)17/h1-9H/b4-1+. The molecule has 0 bridgehead atoms. The van der Waals surface area contributed by atoms with Crippen molar-refractivity contribution < 1.29 is 9.59 Å². The van der Waals surface area contributed by atoms with Crippen LogP contribution in [0.5, 0.6) is 0 Å². The van der Waals surface area contributed by atoms with Gasteiger partial charge in [-0.3, -0.25) is 9.59 Å². The summed E-state index contributed by atoms with van der Waals surface area (Å²) in [6.07, 6.45) is 7.28. The number of ketones is 2. The van der Waals surface area contributed by atoms with Crippen molar-refractivity contribution in [3.63, 3.8) is 0 Å². The first-order chi connectivity index (χ1) is 8.15. The first-order valence-corrected chi connectivity index (χ1v) is 5.45. The fraction of sp³-hybridized carbons (Fsp3) is 0. The van der Waals surface area contributed by atoms with E-state index in [0.29, 0.717) is 10.6 Å². The van der Waals surface area contributed by atoms with Crippen molar-refractivity contribution in [2.75, 3.05) is 0 Å². The molecular formula is C14H9ClO2. The number of carbonyl (C=O) groups is 2. The van der Waals surface area contributed by atoms with E-state index in [-0.39, 0.29) is 11.6 Å². The molecule has 0 aliphatic heterocycles. The zero-order valence-electron chi connectivity index (χ0n) is 8.89. The Morgan fingerprint density at radius 3 is 2.35 bits per heavy atom. The molecule has 0 saturated carbocycles. The summed E-state index contributed by atoms with van der Waals surface area (Å²) in [6.45, 7) is 0. The molecule has 17 heavy (non-hydrogen) atoms. The van der Waals surface area contributed by atoms with Gasteiger partial charge < -0.3 is 0 Å². The highest BCUT2D eigenvalue weighted by Crippen LogP contribution is 2.13. The van der Waals surface area contributed by atoms with Crippen molar-refractivity contribution in [3.8, 4) is 0 Å². The Bertz CT molecular complexity index is 548. The molecule has 1 aromatic rings. The van der Waals surface area contributed by atoms with Crippen molar-refractivity contribution in [2.24, 2.45) is 0 Å². The topological polar surface area (TPSA) is 34.1 Å². The van der Waals surface area contributed by atoms with Gasteiger partial charge in [-0.15, -0.1) is 0 Å². The highest BCUT2D eigenvalue weighted by molar-refractivity contribution is 6.30. The second-order valence-electron chi connectivity index (χ2n) is 3.58. The first kappa shape index (κ1) is 11.6. The number of rotatable bonds is 2. The summed E-state index contributed by atoms with van der Waals surface area (Å²) in [5.41, 5.74) is 1.32. The minimum atomic E-state index is -0.166. The molecule has 1 aromatic carbocycles. The monoisotopic (exact) mass is 244 g/mol. The van der Waals surface area contributed by atoms with E-state index in [0.717, 1.165) is 5.56 Å². The quantitative estimate of drug-likeness (QED) is 0.750. The molecule has 0 atom stereocenters. The lowest BCUT2D eigenvalue weighted by Crippen LogP contribution is -2.05. The molecular weight excluding hydrogens is 236 g/mol. The Balaban J connectivity index is 2.18. The van der Waals surface area contributed by atoms with Gasteiger partial charge in [0.15, 0.2) is 11.6 Å². The number of hydrogen-bond acceptors (Lipinski definition) is 2. The predicted octanol–water partition coefficient (Wildman–Crippen LogP) is 2.99. The van der Waals surface area contributed by atoms with E-state index in [1.54, 1.807) is 24.3 Å². The maximum atomic E-state index is 11.4. The van der Waals surface area contributed by atoms with E-state index >= 15 is 0 Å². The van der Waals surface area contributed by atoms with E-state index in [1.807, 2.05) is 12.1 Å². The lowest BCUT2D eigenvalue weighted by Gasteiger charge is -2.00. The number of allylic oxidation sites excluding steroid dienone is 5. The van der Waals surface area contributed by atoms with Crippen LogP contribution >= 0.6 is 11.6 Å². The Labute approximate surface area is 104 Å². The fourth-order valence-corrected chi connectivity index (χ4v) is 1.54. The molecule has 2 rings (SSSR count). The van der Waals surface area contributed by atoms with E-state index < -0.39 is 0 Å². The zero-order chi connectivity index (χ0) is 12.3. The van der Waals surface area contributed by atoms with Crippen LogP contribution in [0.4, 0.5) is 0 Å². The molecule has 0 spiro atoms. The second kappa shape index (κ2) is 4.93. The van der Waals surface area contributed by atoms with Crippen molar-refractivity contribution in [1.82, 2.24) is 0 Å². The molecule has 0 N–H and O–H groups in total. The third-order valence-electron chi connectivity index (χ3n) is 2.31. The smallest absolute Gasteiger partial charge is 0.186 e. The molecule has 1 aliphatic carbocycles. The van der Waals surface area contributed by atoms with E-state index in [4.69, 9.17) is 11.6 Å². The molecule has 0 radical (unpaired) electrons. The number of carbonyl (C=O) groups excluding carboxylic acids is 2. The average molecular weight is 245 g/mol. The maximum Gasteiger partial charge on any atom is 0.186 e.